The van der Waals surface area contributed by atoms with Gasteiger partial charge >= 0.3 is 5.97 Å². The number of aliphatic hydroxyl groups excluding tert-OH is 3. The number of nitrogens with one attached hydrogen (secondary N) is 2. The van der Waals surface area contributed by atoms with Crippen molar-refractivity contribution in [3.63, 3.8) is 0 Å². The van der Waals surface area contributed by atoms with Gasteiger partial charge in [-0.1, -0.05) is 6.07 Å². The smallest absolute Gasteiger partial charge is 0.335 e. The van der Waals surface area contributed by atoms with Crippen LogP contribution >= 0.6 is 0 Å². The molecular formula is C30H50N2O12. The Kier molecular flexibility index (Phi) is 15.4. The quantitative estimate of drug-likeness (QED) is 0.122. The maximum atomic E-state index is 13.2. The van der Waals surface area contributed by atoms with Crippen molar-refractivity contribution < 1.29 is 58.4 Å². The maximum Gasteiger partial charge on any atom is 0.335 e. The van der Waals surface area contributed by atoms with E-state index in [2.05, 4.69) is 31.4 Å². The summed E-state index contributed by atoms with van der Waals surface area (Å²) < 4.78 is 33.2. The lowest BCUT2D eigenvalue weighted by Gasteiger charge is -2.38. The number of hydrogen-bond acceptors (Lipinski definition) is 12. The summed E-state index contributed by atoms with van der Waals surface area (Å²) in [5, 5.41) is 45.9. The first-order valence-corrected chi connectivity index (χ1v) is 14.7. The van der Waals surface area contributed by atoms with Crippen LogP contribution in [0.25, 0.3) is 0 Å². The molecule has 0 spiro atoms. The molecule has 1 saturated heterocycles. The minimum atomic E-state index is -1.87. The molecule has 0 radical (unpaired) electrons. The summed E-state index contributed by atoms with van der Waals surface area (Å²) in [4.78, 5) is 24.6. The highest BCUT2D eigenvalue weighted by Crippen LogP contribution is 2.28. The van der Waals surface area contributed by atoms with Crippen molar-refractivity contribution in [2.24, 2.45) is 0 Å². The molecular weight excluding hydrogens is 580 g/mol. The van der Waals surface area contributed by atoms with Gasteiger partial charge in [-0.05, 0) is 59.2 Å². The second kappa shape index (κ2) is 17.9. The number of aliphatic hydroxyl groups is 3. The molecule has 44 heavy (non-hydrogen) atoms. The number of ether oxygens (including phenoxy) is 6. The molecule has 1 fully saturated rings. The predicted octanol–water partition coefficient (Wildman–Crippen LogP) is 0.440. The first kappa shape index (κ1) is 37.8. The highest BCUT2D eigenvalue weighted by Gasteiger charge is 2.48. The summed E-state index contributed by atoms with van der Waals surface area (Å²) in [6.07, 6.45) is -9.03. The van der Waals surface area contributed by atoms with Gasteiger partial charge in [0.05, 0.1) is 57.4 Å². The van der Waals surface area contributed by atoms with E-state index < -0.39 is 48.2 Å². The normalized spacial score (nSPS) is 22.5. The predicted molar refractivity (Wildman–Crippen MR) is 158 cm³/mol. The second-order valence-electron chi connectivity index (χ2n) is 12.4. The summed E-state index contributed by atoms with van der Waals surface area (Å²) in [7, 11) is 0. The van der Waals surface area contributed by atoms with Gasteiger partial charge in [-0.25, -0.2) is 4.79 Å². The number of aliphatic carboxylic acids is 1. The first-order chi connectivity index (χ1) is 20.6. The van der Waals surface area contributed by atoms with Crippen molar-refractivity contribution in [3.05, 3.63) is 29.3 Å². The van der Waals surface area contributed by atoms with Crippen molar-refractivity contribution in [1.82, 2.24) is 10.6 Å². The third kappa shape index (κ3) is 13.7. The van der Waals surface area contributed by atoms with Gasteiger partial charge in [0, 0.05) is 18.6 Å². The van der Waals surface area contributed by atoms with Crippen molar-refractivity contribution >= 4 is 11.9 Å². The van der Waals surface area contributed by atoms with Crippen LogP contribution in [0.2, 0.25) is 0 Å². The Morgan fingerprint density at radius 3 is 2.00 bits per heavy atom. The number of carbonyl (C=O) groups excluding carboxylic acids is 1. The topological polar surface area (TPSA) is 194 Å². The first-order valence-electron chi connectivity index (χ1n) is 14.7. The van der Waals surface area contributed by atoms with E-state index in [1.165, 1.54) is 6.07 Å². The number of rotatable bonds is 18. The Bertz CT molecular complexity index is 1030. The second-order valence-corrected chi connectivity index (χ2v) is 12.4. The van der Waals surface area contributed by atoms with E-state index in [0.717, 1.165) is 6.54 Å². The molecule has 1 amide bonds. The van der Waals surface area contributed by atoms with Crippen LogP contribution in [-0.4, -0.2) is 127 Å². The molecule has 1 aromatic carbocycles. The van der Waals surface area contributed by atoms with Crippen LogP contribution in [-0.2, 0) is 35.1 Å². The standard InChI is InChI=1S/C30H50N2O12/c1-29(2,3)32-10-12-40-14-16-41-15-13-39-11-9-31-26(36)20-17-19(18-42-30(4,5)6)7-8-21(20)43-28-24(35)22(33)23(34)25(44-28)27(37)38/h7-8,17,22-25,28,32-35H,9-16,18H2,1-6H3,(H,31,36)(H,37,38)/t22-,23-,24+,25-,28+/m0/s1. The fourth-order valence-corrected chi connectivity index (χ4v) is 3.89. The molecule has 1 aromatic rings. The van der Waals surface area contributed by atoms with E-state index >= 15 is 0 Å². The lowest BCUT2D eigenvalue weighted by atomic mass is 9.99. The van der Waals surface area contributed by atoms with Crippen LogP contribution in [0, 0.1) is 0 Å². The van der Waals surface area contributed by atoms with Gasteiger partial charge in [0.1, 0.15) is 24.1 Å². The lowest BCUT2D eigenvalue weighted by molar-refractivity contribution is -0.271. The molecule has 14 heteroatoms. The van der Waals surface area contributed by atoms with Gasteiger partial charge in [-0.2, -0.15) is 0 Å². The molecule has 1 aliphatic rings. The molecule has 0 saturated carbocycles. The maximum absolute atomic E-state index is 13.2. The molecule has 14 nitrogen and oxygen atoms in total. The van der Waals surface area contributed by atoms with Crippen molar-refractivity contribution in [1.29, 1.82) is 0 Å². The minimum absolute atomic E-state index is 0.0375. The van der Waals surface area contributed by atoms with Crippen molar-refractivity contribution in [2.75, 3.05) is 52.7 Å². The number of carboxylic acid groups (broad SMARTS) is 1. The fraction of sp³-hybridized carbons (Fsp3) is 0.733. The third-order valence-electron chi connectivity index (χ3n) is 6.19. The number of carbonyl (C=O) groups is 2. The zero-order chi connectivity index (χ0) is 32.9. The molecule has 0 bridgehead atoms. The molecule has 0 unspecified atom stereocenters. The van der Waals surface area contributed by atoms with Gasteiger partial charge in [0.15, 0.2) is 6.10 Å². The Balaban J connectivity index is 1.88. The highest BCUT2D eigenvalue weighted by atomic mass is 16.7. The number of hydrogen-bond donors (Lipinski definition) is 6. The summed E-state index contributed by atoms with van der Waals surface area (Å²) in [5.74, 6) is -2.12. The zero-order valence-corrected chi connectivity index (χ0v) is 26.5. The molecule has 1 heterocycles. The van der Waals surface area contributed by atoms with Gasteiger partial charge in [0.2, 0.25) is 6.29 Å². The van der Waals surface area contributed by atoms with Crippen LogP contribution in [0.15, 0.2) is 18.2 Å². The van der Waals surface area contributed by atoms with Crippen molar-refractivity contribution in [3.8, 4) is 5.75 Å². The van der Waals surface area contributed by atoms with Gasteiger partial charge in [-0.15, -0.1) is 0 Å². The Labute approximate surface area is 258 Å². The molecule has 6 N–H and O–H groups in total. The average Bonchev–Trinajstić information content (AvgIpc) is 2.93. The van der Waals surface area contributed by atoms with E-state index in [4.69, 9.17) is 28.4 Å². The molecule has 2 rings (SSSR count). The molecule has 0 aromatic heterocycles. The zero-order valence-electron chi connectivity index (χ0n) is 26.5. The number of carboxylic acids is 1. The van der Waals surface area contributed by atoms with Crippen LogP contribution in [0.5, 0.6) is 5.75 Å². The van der Waals surface area contributed by atoms with E-state index in [0.29, 0.717) is 38.6 Å². The molecule has 1 aliphatic heterocycles. The minimum Gasteiger partial charge on any atom is -0.479 e. The third-order valence-corrected chi connectivity index (χ3v) is 6.19. The SMILES string of the molecule is CC(C)(C)NCCOCCOCCOCCNC(=O)c1cc(COC(C)(C)C)ccc1O[C@@H]1O[C@H](C(=O)O)[C@@H](O)[C@H](O)[C@H]1O. The van der Waals surface area contributed by atoms with Gasteiger partial charge in [-0.3, -0.25) is 4.79 Å². The average molecular weight is 631 g/mol. The fourth-order valence-electron chi connectivity index (χ4n) is 3.89. The Hall–Kier alpha value is -2.40. The Morgan fingerprint density at radius 1 is 0.841 bits per heavy atom. The van der Waals surface area contributed by atoms with E-state index in [-0.39, 0.29) is 36.6 Å². The lowest BCUT2D eigenvalue weighted by Crippen LogP contribution is -2.61. The van der Waals surface area contributed by atoms with Crippen molar-refractivity contribution in [2.45, 2.75) is 90.0 Å². The summed E-state index contributed by atoms with van der Waals surface area (Å²) in [5.41, 5.74) is 0.334. The van der Waals surface area contributed by atoms with Crippen LogP contribution in [0.3, 0.4) is 0 Å². The largest absolute Gasteiger partial charge is 0.479 e. The van der Waals surface area contributed by atoms with Crippen LogP contribution in [0.1, 0.15) is 57.5 Å². The molecule has 5 atom stereocenters. The highest BCUT2D eigenvalue weighted by molar-refractivity contribution is 5.97. The monoisotopic (exact) mass is 630 g/mol. The summed E-state index contributed by atoms with van der Waals surface area (Å²) in [6, 6.07) is 4.64. The molecule has 252 valence electrons. The molecule has 0 aliphatic carbocycles. The van der Waals surface area contributed by atoms with E-state index in [1.807, 2.05) is 20.8 Å². The van der Waals surface area contributed by atoms with E-state index in [9.17, 15) is 30.0 Å². The Morgan fingerprint density at radius 2 is 1.43 bits per heavy atom. The summed E-state index contributed by atoms with van der Waals surface area (Å²) >= 11 is 0. The van der Waals surface area contributed by atoms with Gasteiger partial charge < -0.3 is 59.5 Å². The van der Waals surface area contributed by atoms with Gasteiger partial charge in [0.25, 0.3) is 5.91 Å². The number of benzene rings is 1. The number of amides is 1. The van der Waals surface area contributed by atoms with Crippen LogP contribution in [0.4, 0.5) is 0 Å². The van der Waals surface area contributed by atoms with E-state index in [1.54, 1.807) is 12.1 Å². The van der Waals surface area contributed by atoms with Crippen LogP contribution < -0.4 is 15.4 Å². The summed E-state index contributed by atoms with van der Waals surface area (Å²) in [6.45, 7) is 15.5.